The summed E-state index contributed by atoms with van der Waals surface area (Å²) in [5.41, 5.74) is -0.0552. The molecule has 1 rings (SSSR count). The van der Waals surface area contributed by atoms with E-state index in [4.69, 9.17) is 4.74 Å². The molecule has 2 N–H and O–H groups in total. The van der Waals surface area contributed by atoms with Crippen molar-refractivity contribution in [3.63, 3.8) is 0 Å². The van der Waals surface area contributed by atoms with E-state index >= 15 is 0 Å². The van der Waals surface area contributed by atoms with Crippen LogP contribution in [0.2, 0.25) is 0 Å². The number of carbonyl (C=O) groups is 1. The number of aromatic amines is 1. The van der Waals surface area contributed by atoms with Crippen molar-refractivity contribution in [1.82, 2.24) is 15.3 Å². The summed E-state index contributed by atoms with van der Waals surface area (Å²) < 4.78 is 5.09. The molecular formula is C13H19N3O3. The maximum Gasteiger partial charge on any atom is 0.407 e. The van der Waals surface area contributed by atoms with Gasteiger partial charge in [-0.15, -0.1) is 0 Å². The van der Waals surface area contributed by atoms with Gasteiger partial charge in [-0.05, 0) is 33.3 Å². The zero-order valence-electron chi connectivity index (χ0n) is 11.4. The molecule has 19 heavy (non-hydrogen) atoms. The van der Waals surface area contributed by atoms with Crippen molar-refractivity contribution < 1.29 is 9.53 Å². The van der Waals surface area contributed by atoms with Crippen molar-refractivity contribution in [2.24, 2.45) is 0 Å². The molecule has 104 valence electrons. The van der Waals surface area contributed by atoms with Crippen molar-refractivity contribution in [2.45, 2.75) is 32.8 Å². The molecule has 0 aromatic carbocycles. The van der Waals surface area contributed by atoms with Gasteiger partial charge in [-0.2, -0.15) is 0 Å². The quantitative estimate of drug-likeness (QED) is 0.811. The normalized spacial score (nSPS) is 11.5. The lowest BCUT2D eigenvalue weighted by Crippen LogP contribution is -2.32. The summed E-state index contributed by atoms with van der Waals surface area (Å²) >= 11 is 0. The molecule has 0 spiro atoms. The van der Waals surface area contributed by atoms with E-state index in [1.807, 2.05) is 26.8 Å². The molecule has 0 bridgehead atoms. The van der Waals surface area contributed by atoms with E-state index in [0.29, 0.717) is 18.7 Å². The molecule has 6 heteroatoms. The van der Waals surface area contributed by atoms with Gasteiger partial charge in [0.1, 0.15) is 5.60 Å². The molecule has 0 aliphatic carbocycles. The molecule has 0 fully saturated rings. The lowest BCUT2D eigenvalue weighted by Gasteiger charge is -2.19. The number of ether oxygens (including phenoxy) is 1. The van der Waals surface area contributed by atoms with Crippen LogP contribution >= 0.6 is 0 Å². The number of H-pyrrole nitrogens is 1. The van der Waals surface area contributed by atoms with Crippen LogP contribution in [0.15, 0.2) is 23.3 Å². The SMILES string of the molecule is CC(C)(C)OC(=O)NCCC=Cc1c[nH]c(=O)cn1. The van der Waals surface area contributed by atoms with Crippen LogP contribution in [0.4, 0.5) is 4.79 Å². The van der Waals surface area contributed by atoms with Gasteiger partial charge in [-0.1, -0.05) is 6.08 Å². The van der Waals surface area contributed by atoms with E-state index in [-0.39, 0.29) is 5.56 Å². The lowest BCUT2D eigenvalue weighted by atomic mass is 10.2. The van der Waals surface area contributed by atoms with Crippen molar-refractivity contribution in [2.75, 3.05) is 6.54 Å². The number of nitrogens with one attached hydrogen (secondary N) is 2. The smallest absolute Gasteiger partial charge is 0.407 e. The van der Waals surface area contributed by atoms with Crippen LogP contribution in [-0.4, -0.2) is 28.2 Å². The number of hydrogen-bond donors (Lipinski definition) is 2. The van der Waals surface area contributed by atoms with Gasteiger partial charge < -0.3 is 15.0 Å². The highest BCUT2D eigenvalue weighted by Crippen LogP contribution is 2.06. The number of rotatable bonds is 4. The van der Waals surface area contributed by atoms with Gasteiger partial charge in [0, 0.05) is 12.7 Å². The Hall–Kier alpha value is -2.11. The van der Waals surface area contributed by atoms with Crippen LogP contribution in [0.25, 0.3) is 6.08 Å². The third-order valence-corrected chi connectivity index (χ3v) is 1.96. The zero-order valence-corrected chi connectivity index (χ0v) is 11.4. The summed E-state index contributed by atoms with van der Waals surface area (Å²) in [4.78, 5) is 28.5. The first-order valence-corrected chi connectivity index (χ1v) is 6.05. The molecule has 0 atom stereocenters. The summed E-state index contributed by atoms with van der Waals surface area (Å²) in [5.74, 6) is 0. The Balaban J connectivity index is 2.25. The Morgan fingerprint density at radius 1 is 1.53 bits per heavy atom. The van der Waals surface area contributed by atoms with Gasteiger partial charge >= 0.3 is 6.09 Å². The molecule has 0 aliphatic heterocycles. The molecule has 1 amide bonds. The highest BCUT2D eigenvalue weighted by atomic mass is 16.6. The fraction of sp³-hybridized carbons (Fsp3) is 0.462. The average Bonchev–Trinajstić information content (AvgIpc) is 2.29. The molecule has 0 unspecified atom stereocenters. The second-order valence-electron chi connectivity index (χ2n) is 4.96. The molecule has 1 heterocycles. The van der Waals surface area contributed by atoms with E-state index in [9.17, 15) is 9.59 Å². The fourth-order valence-corrected chi connectivity index (χ4v) is 1.22. The lowest BCUT2D eigenvalue weighted by molar-refractivity contribution is 0.0529. The van der Waals surface area contributed by atoms with Crippen LogP contribution in [0.3, 0.4) is 0 Å². The zero-order chi connectivity index (χ0) is 14.3. The predicted molar refractivity (Wildman–Crippen MR) is 72.7 cm³/mol. The van der Waals surface area contributed by atoms with Crippen molar-refractivity contribution in [3.8, 4) is 0 Å². The third-order valence-electron chi connectivity index (χ3n) is 1.96. The Morgan fingerprint density at radius 2 is 2.26 bits per heavy atom. The highest BCUT2D eigenvalue weighted by molar-refractivity contribution is 5.67. The number of aromatic nitrogens is 2. The Labute approximate surface area is 111 Å². The summed E-state index contributed by atoms with van der Waals surface area (Å²) in [6, 6.07) is 0. The van der Waals surface area contributed by atoms with Gasteiger partial charge in [-0.25, -0.2) is 9.78 Å². The van der Waals surface area contributed by atoms with E-state index < -0.39 is 11.7 Å². The Kier molecular flexibility index (Phi) is 5.29. The third kappa shape index (κ3) is 7.03. The monoisotopic (exact) mass is 265 g/mol. The molecular weight excluding hydrogens is 246 g/mol. The fourth-order valence-electron chi connectivity index (χ4n) is 1.22. The molecule has 0 aliphatic rings. The highest BCUT2D eigenvalue weighted by Gasteiger charge is 2.14. The Bertz CT molecular complexity index is 480. The van der Waals surface area contributed by atoms with E-state index in [0.717, 1.165) is 0 Å². The molecule has 6 nitrogen and oxygen atoms in total. The minimum absolute atomic E-state index is 0.233. The van der Waals surface area contributed by atoms with Gasteiger partial charge in [0.15, 0.2) is 0 Å². The first-order chi connectivity index (χ1) is 8.87. The minimum atomic E-state index is -0.486. The largest absolute Gasteiger partial charge is 0.444 e. The van der Waals surface area contributed by atoms with Crippen LogP contribution in [0.1, 0.15) is 32.9 Å². The number of alkyl carbamates (subject to hydrolysis) is 1. The van der Waals surface area contributed by atoms with Gasteiger partial charge in [0.2, 0.25) is 0 Å². The van der Waals surface area contributed by atoms with Crippen molar-refractivity contribution >= 4 is 12.2 Å². The first-order valence-electron chi connectivity index (χ1n) is 6.05. The predicted octanol–water partition coefficient (Wildman–Crippen LogP) is 1.70. The second kappa shape index (κ2) is 6.72. The number of hydrogen-bond acceptors (Lipinski definition) is 4. The Morgan fingerprint density at radius 3 is 2.84 bits per heavy atom. The van der Waals surface area contributed by atoms with Gasteiger partial charge in [0.25, 0.3) is 5.56 Å². The maximum atomic E-state index is 11.3. The molecule has 1 aromatic rings. The molecule has 0 saturated carbocycles. The van der Waals surface area contributed by atoms with Crippen molar-refractivity contribution in [1.29, 1.82) is 0 Å². The van der Waals surface area contributed by atoms with Crippen LogP contribution in [-0.2, 0) is 4.74 Å². The number of nitrogens with zero attached hydrogens (tertiary/aromatic N) is 1. The topological polar surface area (TPSA) is 84.1 Å². The van der Waals surface area contributed by atoms with E-state index in [2.05, 4.69) is 15.3 Å². The molecule has 1 aromatic heterocycles. The van der Waals surface area contributed by atoms with Crippen LogP contribution in [0, 0.1) is 0 Å². The summed E-state index contributed by atoms with van der Waals surface area (Å²) in [7, 11) is 0. The summed E-state index contributed by atoms with van der Waals surface area (Å²) in [5, 5.41) is 2.64. The number of amides is 1. The number of carbonyl (C=O) groups excluding carboxylic acids is 1. The van der Waals surface area contributed by atoms with E-state index in [1.54, 1.807) is 6.08 Å². The maximum absolute atomic E-state index is 11.3. The minimum Gasteiger partial charge on any atom is -0.444 e. The summed E-state index contributed by atoms with van der Waals surface area (Å²) in [6.07, 6.45) is 6.60. The summed E-state index contributed by atoms with van der Waals surface area (Å²) in [6.45, 7) is 5.92. The first kappa shape index (κ1) is 14.9. The molecule has 0 saturated heterocycles. The van der Waals surface area contributed by atoms with Gasteiger partial charge in [0.05, 0.1) is 11.9 Å². The van der Waals surface area contributed by atoms with Gasteiger partial charge in [-0.3, -0.25) is 4.79 Å². The van der Waals surface area contributed by atoms with Crippen LogP contribution in [0.5, 0.6) is 0 Å². The second-order valence-corrected chi connectivity index (χ2v) is 4.96. The average molecular weight is 265 g/mol. The molecule has 0 radical (unpaired) electrons. The van der Waals surface area contributed by atoms with Crippen LogP contribution < -0.4 is 10.9 Å². The van der Waals surface area contributed by atoms with E-state index in [1.165, 1.54) is 12.4 Å². The standard InChI is InChI=1S/C13H19N3O3/c1-13(2,3)19-12(18)14-7-5-4-6-10-8-16-11(17)9-15-10/h4,6,8-9H,5,7H2,1-3H3,(H,14,18)(H,16,17). The van der Waals surface area contributed by atoms with Crippen molar-refractivity contribution in [3.05, 3.63) is 34.5 Å².